The van der Waals surface area contributed by atoms with Gasteiger partial charge in [0, 0.05) is 25.6 Å². The SMILES string of the molecule is CCNCCNC(=O)c1ccc(F)c(NC(C)=O)c1.Cl. The molecular weight excluding hydrogens is 285 g/mol. The molecule has 0 fully saturated rings. The Balaban J connectivity index is 0.00000361. The first-order valence-corrected chi connectivity index (χ1v) is 6.10. The molecule has 0 atom stereocenters. The van der Waals surface area contributed by atoms with Crippen molar-refractivity contribution in [3.63, 3.8) is 0 Å². The van der Waals surface area contributed by atoms with Gasteiger partial charge < -0.3 is 16.0 Å². The van der Waals surface area contributed by atoms with E-state index in [4.69, 9.17) is 0 Å². The molecule has 1 rings (SSSR count). The third-order valence-electron chi connectivity index (χ3n) is 2.38. The van der Waals surface area contributed by atoms with Gasteiger partial charge in [-0.05, 0) is 24.7 Å². The zero-order valence-electron chi connectivity index (χ0n) is 11.5. The van der Waals surface area contributed by atoms with Crippen LogP contribution in [0.5, 0.6) is 0 Å². The zero-order chi connectivity index (χ0) is 14.3. The van der Waals surface area contributed by atoms with Crippen LogP contribution in [0, 0.1) is 5.82 Å². The number of anilines is 1. The van der Waals surface area contributed by atoms with E-state index < -0.39 is 5.82 Å². The summed E-state index contributed by atoms with van der Waals surface area (Å²) in [5, 5.41) is 8.11. The monoisotopic (exact) mass is 303 g/mol. The van der Waals surface area contributed by atoms with Crippen LogP contribution in [0.4, 0.5) is 10.1 Å². The molecule has 0 aliphatic heterocycles. The molecule has 0 saturated heterocycles. The summed E-state index contributed by atoms with van der Waals surface area (Å²) in [6.45, 7) is 5.24. The molecule has 1 aromatic carbocycles. The number of hydrogen-bond acceptors (Lipinski definition) is 3. The topological polar surface area (TPSA) is 70.2 Å². The highest BCUT2D eigenvalue weighted by Crippen LogP contribution is 2.16. The molecule has 0 bridgehead atoms. The Morgan fingerprint density at radius 3 is 2.55 bits per heavy atom. The Bertz CT molecular complexity index is 469. The van der Waals surface area contributed by atoms with Crippen LogP contribution in [0.1, 0.15) is 24.2 Å². The fourth-order valence-corrected chi connectivity index (χ4v) is 1.50. The lowest BCUT2D eigenvalue weighted by molar-refractivity contribution is -0.114. The minimum Gasteiger partial charge on any atom is -0.351 e. The van der Waals surface area contributed by atoms with Crippen molar-refractivity contribution in [1.29, 1.82) is 0 Å². The maximum atomic E-state index is 13.4. The normalized spacial score (nSPS) is 9.55. The Kier molecular flexibility index (Phi) is 8.51. The lowest BCUT2D eigenvalue weighted by Crippen LogP contribution is -2.31. The molecule has 5 nitrogen and oxygen atoms in total. The van der Waals surface area contributed by atoms with Crippen molar-refractivity contribution in [3.8, 4) is 0 Å². The largest absolute Gasteiger partial charge is 0.351 e. The number of benzene rings is 1. The number of nitrogens with one attached hydrogen (secondary N) is 3. The highest BCUT2D eigenvalue weighted by atomic mass is 35.5. The zero-order valence-corrected chi connectivity index (χ0v) is 12.3. The maximum Gasteiger partial charge on any atom is 0.251 e. The lowest BCUT2D eigenvalue weighted by atomic mass is 10.1. The van der Waals surface area contributed by atoms with E-state index in [0.717, 1.165) is 12.6 Å². The summed E-state index contributed by atoms with van der Waals surface area (Å²) in [7, 11) is 0. The van der Waals surface area contributed by atoms with Crippen LogP contribution >= 0.6 is 12.4 Å². The van der Waals surface area contributed by atoms with Crippen LogP contribution in [-0.2, 0) is 4.79 Å². The van der Waals surface area contributed by atoms with Gasteiger partial charge in [0.1, 0.15) is 5.82 Å². The molecule has 0 aromatic heterocycles. The van der Waals surface area contributed by atoms with E-state index in [1.807, 2.05) is 6.92 Å². The van der Waals surface area contributed by atoms with Crippen molar-refractivity contribution in [1.82, 2.24) is 10.6 Å². The second-order valence-electron chi connectivity index (χ2n) is 3.99. The molecule has 1 aromatic rings. The number of hydrogen-bond donors (Lipinski definition) is 3. The van der Waals surface area contributed by atoms with Gasteiger partial charge in [-0.2, -0.15) is 0 Å². The predicted molar refractivity (Wildman–Crippen MR) is 78.8 cm³/mol. The second-order valence-corrected chi connectivity index (χ2v) is 3.99. The second kappa shape index (κ2) is 9.28. The molecule has 2 amide bonds. The Labute approximate surface area is 123 Å². The summed E-state index contributed by atoms with van der Waals surface area (Å²) in [4.78, 5) is 22.7. The van der Waals surface area contributed by atoms with E-state index in [-0.39, 0.29) is 29.9 Å². The van der Waals surface area contributed by atoms with Gasteiger partial charge in [0.05, 0.1) is 5.69 Å². The highest BCUT2D eigenvalue weighted by Gasteiger charge is 2.10. The first-order chi connectivity index (χ1) is 9.04. The molecule has 0 heterocycles. The average Bonchev–Trinajstić information content (AvgIpc) is 2.36. The number of carbonyl (C=O) groups excluding carboxylic acids is 2. The molecule has 0 saturated carbocycles. The molecule has 0 radical (unpaired) electrons. The molecule has 3 N–H and O–H groups in total. The van der Waals surface area contributed by atoms with Crippen LogP contribution in [0.15, 0.2) is 18.2 Å². The van der Waals surface area contributed by atoms with Crippen LogP contribution in [0.25, 0.3) is 0 Å². The van der Waals surface area contributed by atoms with Crippen molar-refractivity contribution in [2.75, 3.05) is 25.0 Å². The summed E-state index contributed by atoms with van der Waals surface area (Å²) in [6, 6.07) is 3.85. The smallest absolute Gasteiger partial charge is 0.251 e. The quantitative estimate of drug-likeness (QED) is 0.698. The minimum atomic E-state index is -0.570. The van der Waals surface area contributed by atoms with Gasteiger partial charge in [-0.3, -0.25) is 9.59 Å². The Hall–Kier alpha value is -1.66. The van der Waals surface area contributed by atoms with E-state index in [1.165, 1.54) is 19.1 Å². The van der Waals surface area contributed by atoms with E-state index in [0.29, 0.717) is 18.7 Å². The van der Waals surface area contributed by atoms with Gasteiger partial charge in [0.2, 0.25) is 5.91 Å². The van der Waals surface area contributed by atoms with Crippen molar-refractivity contribution >= 4 is 29.9 Å². The van der Waals surface area contributed by atoms with Gasteiger partial charge in [-0.1, -0.05) is 6.92 Å². The van der Waals surface area contributed by atoms with Crippen LogP contribution in [0.3, 0.4) is 0 Å². The fourth-order valence-electron chi connectivity index (χ4n) is 1.50. The fraction of sp³-hybridized carbons (Fsp3) is 0.385. The third kappa shape index (κ3) is 5.99. The number of carbonyl (C=O) groups is 2. The van der Waals surface area contributed by atoms with Crippen molar-refractivity contribution < 1.29 is 14.0 Å². The van der Waals surface area contributed by atoms with Crippen molar-refractivity contribution in [2.45, 2.75) is 13.8 Å². The van der Waals surface area contributed by atoms with Crippen molar-refractivity contribution in [2.24, 2.45) is 0 Å². The molecule has 0 aliphatic rings. The molecule has 7 heteroatoms. The standard InChI is InChI=1S/C13H18FN3O2.ClH/c1-3-15-6-7-16-13(19)10-4-5-11(14)12(8-10)17-9(2)18;/h4-5,8,15H,3,6-7H2,1-2H3,(H,16,19)(H,17,18);1H. The van der Waals surface area contributed by atoms with Gasteiger partial charge in [0.25, 0.3) is 5.91 Å². The molecule has 0 aliphatic carbocycles. The van der Waals surface area contributed by atoms with Crippen molar-refractivity contribution in [3.05, 3.63) is 29.6 Å². The Morgan fingerprint density at radius 1 is 1.25 bits per heavy atom. The summed E-state index contributed by atoms with van der Waals surface area (Å²) < 4.78 is 13.4. The van der Waals surface area contributed by atoms with Crippen LogP contribution in [0.2, 0.25) is 0 Å². The van der Waals surface area contributed by atoms with Gasteiger partial charge >= 0.3 is 0 Å². The summed E-state index contributed by atoms with van der Waals surface area (Å²) in [6.07, 6.45) is 0. The van der Waals surface area contributed by atoms with Gasteiger partial charge in [0.15, 0.2) is 0 Å². The van der Waals surface area contributed by atoms with E-state index in [1.54, 1.807) is 0 Å². The minimum absolute atomic E-state index is 0. The average molecular weight is 304 g/mol. The number of halogens is 2. The van der Waals surface area contributed by atoms with E-state index in [9.17, 15) is 14.0 Å². The highest BCUT2D eigenvalue weighted by molar-refractivity contribution is 5.96. The molecule has 0 unspecified atom stereocenters. The molecule has 20 heavy (non-hydrogen) atoms. The Morgan fingerprint density at radius 2 is 1.95 bits per heavy atom. The van der Waals surface area contributed by atoms with E-state index >= 15 is 0 Å². The lowest BCUT2D eigenvalue weighted by Gasteiger charge is -2.08. The molecule has 0 spiro atoms. The van der Waals surface area contributed by atoms with Gasteiger partial charge in [-0.15, -0.1) is 12.4 Å². The maximum absolute atomic E-state index is 13.4. The number of rotatable bonds is 6. The predicted octanol–water partition coefficient (Wildman–Crippen LogP) is 1.55. The summed E-state index contributed by atoms with van der Waals surface area (Å²) in [5.74, 6) is -1.26. The van der Waals surface area contributed by atoms with Crippen LogP contribution < -0.4 is 16.0 Å². The summed E-state index contributed by atoms with van der Waals surface area (Å²) >= 11 is 0. The molecular formula is C13H19ClFN3O2. The summed E-state index contributed by atoms with van der Waals surface area (Å²) in [5.41, 5.74) is 0.313. The first kappa shape index (κ1) is 18.3. The van der Waals surface area contributed by atoms with Gasteiger partial charge in [-0.25, -0.2) is 4.39 Å². The molecule has 112 valence electrons. The number of amides is 2. The number of likely N-dealkylation sites (N-methyl/N-ethyl adjacent to an activating group) is 1. The van der Waals surface area contributed by atoms with Crippen LogP contribution in [-0.4, -0.2) is 31.4 Å². The van der Waals surface area contributed by atoms with E-state index in [2.05, 4.69) is 16.0 Å². The third-order valence-corrected chi connectivity index (χ3v) is 2.38. The first-order valence-electron chi connectivity index (χ1n) is 6.10.